The first-order chi connectivity index (χ1) is 11.0. The van der Waals surface area contributed by atoms with Gasteiger partial charge in [0.25, 0.3) is 0 Å². The van der Waals surface area contributed by atoms with Crippen LogP contribution in [-0.2, 0) is 6.54 Å². The zero-order chi connectivity index (χ0) is 16.6. The summed E-state index contributed by atoms with van der Waals surface area (Å²) in [6, 6.07) is 10.4. The number of benzene rings is 2. The molecule has 2 aromatic carbocycles. The van der Waals surface area contributed by atoms with Gasteiger partial charge in [-0.05, 0) is 67.6 Å². The maximum absolute atomic E-state index is 5.73. The summed E-state index contributed by atoms with van der Waals surface area (Å²) in [4.78, 5) is 8.02. The number of hydrogen-bond donors (Lipinski definition) is 2. The molecule has 3 heteroatoms. The van der Waals surface area contributed by atoms with Crippen LogP contribution in [0, 0.1) is 27.7 Å². The van der Waals surface area contributed by atoms with Crippen molar-refractivity contribution in [2.75, 3.05) is 0 Å². The third kappa shape index (κ3) is 2.80. The van der Waals surface area contributed by atoms with E-state index in [1.165, 1.54) is 27.8 Å². The Morgan fingerprint density at radius 1 is 1.00 bits per heavy atom. The molecule has 3 rings (SSSR count). The molecule has 23 heavy (non-hydrogen) atoms. The Labute approximate surface area is 137 Å². The number of nitrogens with one attached hydrogen (secondary N) is 1. The van der Waals surface area contributed by atoms with Crippen molar-refractivity contribution in [3.63, 3.8) is 0 Å². The highest BCUT2D eigenvalue weighted by Gasteiger charge is 2.12. The Kier molecular flexibility index (Phi) is 4.05. The van der Waals surface area contributed by atoms with Crippen molar-refractivity contribution in [2.24, 2.45) is 5.73 Å². The maximum atomic E-state index is 5.73. The zero-order valence-corrected chi connectivity index (χ0v) is 14.2. The molecule has 3 aromatic rings. The highest BCUT2D eigenvalue weighted by atomic mass is 14.9. The molecule has 3 nitrogen and oxygen atoms in total. The minimum atomic E-state index is 0.539. The summed E-state index contributed by atoms with van der Waals surface area (Å²) in [6.45, 7) is 9.23. The molecule has 0 aliphatic carbocycles. The van der Waals surface area contributed by atoms with Gasteiger partial charge in [0.1, 0.15) is 5.82 Å². The molecule has 1 heterocycles. The van der Waals surface area contributed by atoms with Crippen molar-refractivity contribution in [2.45, 2.75) is 34.2 Å². The van der Waals surface area contributed by atoms with Crippen molar-refractivity contribution in [1.82, 2.24) is 9.97 Å². The molecule has 3 N–H and O–H groups in total. The number of rotatable bonds is 3. The highest BCUT2D eigenvalue weighted by Crippen LogP contribution is 2.30. The van der Waals surface area contributed by atoms with Crippen molar-refractivity contribution >= 4 is 0 Å². The van der Waals surface area contributed by atoms with Crippen LogP contribution in [0.3, 0.4) is 0 Å². The molecule has 0 aliphatic heterocycles. The summed E-state index contributed by atoms with van der Waals surface area (Å²) < 4.78 is 0. The molecule has 0 radical (unpaired) electrons. The molecule has 0 aliphatic rings. The average molecular weight is 305 g/mol. The summed E-state index contributed by atoms with van der Waals surface area (Å²) in [7, 11) is 0. The smallest absolute Gasteiger partial charge is 0.137 e. The lowest BCUT2D eigenvalue weighted by Gasteiger charge is -2.13. The van der Waals surface area contributed by atoms with Crippen LogP contribution < -0.4 is 5.73 Å². The van der Waals surface area contributed by atoms with Crippen LogP contribution >= 0.6 is 0 Å². The number of nitrogens with zero attached hydrogens (tertiary/aromatic N) is 1. The van der Waals surface area contributed by atoms with E-state index in [9.17, 15) is 0 Å². The normalized spacial score (nSPS) is 11.0. The van der Waals surface area contributed by atoms with E-state index in [4.69, 9.17) is 5.73 Å². The van der Waals surface area contributed by atoms with E-state index in [0.29, 0.717) is 6.54 Å². The Morgan fingerprint density at radius 3 is 2.52 bits per heavy atom. The molecule has 0 saturated heterocycles. The third-order valence-electron chi connectivity index (χ3n) is 4.78. The molecule has 0 fully saturated rings. The lowest BCUT2D eigenvalue weighted by Crippen LogP contribution is -1.96. The topological polar surface area (TPSA) is 54.7 Å². The van der Waals surface area contributed by atoms with Gasteiger partial charge in [-0.15, -0.1) is 0 Å². The SMILES string of the molecule is Cc1cc(-c2cnc(-c3cccc(CN)c3)[nH]2)c(C)c(C)c1C. The molecule has 1 aromatic heterocycles. The van der Waals surface area contributed by atoms with Gasteiger partial charge in [0.05, 0.1) is 11.9 Å². The second-order valence-corrected chi connectivity index (χ2v) is 6.17. The summed E-state index contributed by atoms with van der Waals surface area (Å²) in [5, 5.41) is 0. The van der Waals surface area contributed by atoms with E-state index in [1.807, 2.05) is 18.3 Å². The molecule has 0 saturated carbocycles. The van der Waals surface area contributed by atoms with Crippen molar-refractivity contribution in [1.29, 1.82) is 0 Å². The fourth-order valence-corrected chi connectivity index (χ4v) is 2.94. The number of nitrogens with two attached hydrogens (primary N) is 1. The van der Waals surface area contributed by atoms with E-state index < -0.39 is 0 Å². The van der Waals surface area contributed by atoms with Gasteiger partial charge in [-0.3, -0.25) is 0 Å². The van der Waals surface area contributed by atoms with Gasteiger partial charge in [0, 0.05) is 17.7 Å². The largest absolute Gasteiger partial charge is 0.338 e. The number of imidazole rings is 1. The standard InChI is InChI=1S/C20H23N3/c1-12-8-18(15(4)14(3)13(12)2)19-11-22-20(23-19)17-7-5-6-16(9-17)10-21/h5-9,11H,10,21H2,1-4H3,(H,22,23). The Morgan fingerprint density at radius 2 is 1.78 bits per heavy atom. The van der Waals surface area contributed by atoms with E-state index in [2.05, 4.69) is 55.9 Å². The first-order valence-electron chi connectivity index (χ1n) is 7.93. The van der Waals surface area contributed by atoms with E-state index >= 15 is 0 Å². The van der Waals surface area contributed by atoms with Gasteiger partial charge < -0.3 is 10.7 Å². The minimum Gasteiger partial charge on any atom is -0.338 e. The number of aryl methyl sites for hydroxylation is 1. The van der Waals surface area contributed by atoms with Crippen molar-refractivity contribution < 1.29 is 0 Å². The predicted octanol–water partition coefficient (Wildman–Crippen LogP) is 4.44. The van der Waals surface area contributed by atoms with E-state index in [-0.39, 0.29) is 0 Å². The molecule has 0 spiro atoms. The summed E-state index contributed by atoms with van der Waals surface area (Å²) in [5.41, 5.74) is 15.5. The Balaban J connectivity index is 2.06. The van der Waals surface area contributed by atoms with E-state index in [1.54, 1.807) is 0 Å². The second kappa shape index (κ2) is 6.01. The lowest BCUT2D eigenvalue weighted by molar-refractivity contribution is 1.07. The van der Waals surface area contributed by atoms with Crippen molar-refractivity contribution in [3.05, 3.63) is 64.3 Å². The maximum Gasteiger partial charge on any atom is 0.137 e. The van der Waals surface area contributed by atoms with Crippen LogP contribution in [0.4, 0.5) is 0 Å². The van der Waals surface area contributed by atoms with Crippen LogP contribution in [0.5, 0.6) is 0 Å². The van der Waals surface area contributed by atoms with Gasteiger partial charge in [-0.25, -0.2) is 4.98 Å². The molecule has 118 valence electrons. The summed E-state index contributed by atoms with van der Waals surface area (Å²) in [5.74, 6) is 0.880. The fraction of sp³-hybridized carbons (Fsp3) is 0.250. The van der Waals surface area contributed by atoms with Crippen LogP contribution in [-0.4, -0.2) is 9.97 Å². The lowest BCUT2D eigenvalue weighted by atomic mass is 9.93. The first-order valence-corrected chi connectivity index (χ1v) is 7.93. The van der Waals surface area contributed by atoms with Gasteiger partial charge in [-0.1, -0.05) is 18.2 Å². The number of hydrogen-bond acceptors (Lipinski definition) is 2. The van der Waals surface area contributed by atoms with Crippen LogP contribution in [0.15, 0.2) is 36.5 Å². The first kappa shape index (κ1) is 15.5. The number of aromatic nitrogens is 2. The van der Waals surface area contributed by atoms with Gasteiger partial charge >= 0.3 is 0 Å². The Bertz CT molecular complexity index is 859. The summed E-state index contributed by atoms with van der Waals surface area (Å²) in [6.07, 6.45) is 1.92. The molecule has 0 atom stereocenters. The van der Waals surface area contributed by atoms with Crippen LogP contribution in [0.1, 0.15) is 27.8 Å². The molecular formula is C20H23N3. The zero-order valence-electron chi connectivity index (χ0n) is 14.2. The third-order valence-corrected chi connectivity index (χ3v) is 4.78. The van der Waals surface area contributed by atoms with Gasteiger partial charge in [-0.2, -0.15) is 0 Å². The molecule has 0 bridgehead atoms. The van der Waals surface area contributed by atoms with Crippen molar-refractivity contribution in [3.8, 4) is 22.6 Å². The number of H-pyrrole nitrogens is 1. The van der Waals surface area contributed by atoms with Gasteiger partial charge in [0.2, 0.25) is 0 Å². The summed E-state index contributed by atoms with van der Waals surface area (Å²) >= 11 is 0. The monoisotopic (exact) mass is 305 g/mol. The van der Waals surface area contributed by atoms with Crippen LogP contribution in [0.25, 0.3) is 22.6 Å². The Hall–Kier alpha value is -2.39. The average Bonchev–Trinajstić information content (AvgIpc) is 3.06. The fourth-order valence-electron chi connectivity index (χ4n) is 2.94. The minimum absolute atomic E-state index is 0.539. The molecule has 0 unspecified atom stereocenters. The van der Waals surface area contributed by atoms with Crippen LogP contribution in [0.2, 0.25) is 0 Å². The highest BCUT2D eigenvalue weighted by molar-refractivity contribution is 5.70. The van der Waals surface area contributed by atoms with Gasteiger partial charge in [0.15, 0.2) is 0 Å². The second-order valence-electron chi connectivity index (χ2n) is 6.17. The number of aromatic amines is 1. The van der Waals surface area contributed by atoms with E-state index in [0.717, 1.165) is 22.6 Å². The molecule has 0 amide bonds. The molecular weight excluding hydrogens is 282 g/mol. The quantitative estimate of drug-likeness (QED) is 0.752. The predicted molar refractivity (Wildman–Crippen MR) is 96.3 cm³/mol.